The average molecular weight is 322 g/mol. The zero-order valence-corrected chi connectivity index (χ0v) is 14.4. The second-order valence-corrected chi connectivity index (χ2v) is 5.07. The maximum Gasteiger partial charge on any atom is 0.260 e. The molecule has 0 atom stereocenters. The third-order valence-electron chi connectivity index (χ3n) is 2.99. The summed E-state index contributed by atoms with van der Waals surface area (Å²) in [6.45, 7) is 11.8. The predicted molar refractivity (Wildman–Crippen MR) is 88.9 cm³/mol. The van der Waals surface area contributed by atoms with Gasteiger partial charge < -0.3 is 24.8 Å². The van der Waals surface area contributed by atoms with Gasteiger partial charge in [0.2, 0.25) is 0 Å². The van der Waals surface area contributed by atoms with Gasteiger partial charge in [-0.25, -0.2) is 0 Å². The summed E-state index contributed by atoms with van der Waals surface area (Å²) >= 11 is 9.59. The van der Waals surface area contributed by atoms with Gasteiger partial charge in [0.15, 0.2) is 5.60 Å². The zero-order valence-electron chi connectivity index (χ0n) is 12.8. The SMILES string of the molecule is CCN(CC)C(=S)OC1(CC)COC1.CCOC(N)=S. The Morgan fingerprint density at radius 3 is 1.95 bits per heavy atom. The second-order valence-electron chi connectivity index (χ2n) is 4.32. The first-order valence-electron chi connectivity index (χ1n) is 6.92. The molecule has 0 radical (unpaired) electrons. The minimum Gasteiger partial charge on any atom is -0.472 e. The van der Waals surface area contributed by atoms with Crippen LogP contribution in [0.4, 0.5) is 0 Å². The number of nitrogens with two attached hydrogens (primary N) is 1. The number of hydrogen-bond acceptors (Lipinski definition) is 5. The summed E-state index contributed by atoms with van der Waals surface area (Å²) in [7, 11) is 0. The van der Waals surface area contributed by atoms with Crippen LogP contribution in [0.15, 0.2) is 0 Å². The van der Waals surface area contributed by atoms with Crippen LogP contribution in [-0.4, -0.2) is 53.8 Å². The molecule has 0 saturated carbocycles. The Balaban J connectivity index is 0.000000511. The molecule has 0 spiro atoms. The Labute approximate surface area is 132 Å². The van der Waals surface area contributed by atoms with E-state index in [1.54, 1.807) is 0 Å². The van der Waals surface area contributed by atoms with E-state index in [1.807, 2.05) is 11.8 Å². The molecule has 118 valence electrons. The highest BCUT2D eigenvalue weighted by Gasteiger charge is 2.40. The van der Waals surface area contributed by atoms with Crippen LogP contribution < -0.4 is 5.73 Å². The molecule has 1 aliphatic rings. The molecule has 2 N–H and O–H groups in total. The first-order chi connectivity index (χ1) is 9.44. The summed E-state index contributed by atoms with van der Waals surface area (Å²) in [6.07, 6.45) is 0.953. The highest BCUT2D eigenvalue weighted by molar-refractivity contribution is 7.80. The average Bonchev–Trinajstić information content (AvgIpc) is 2.36. The van der Waals surface area contributed by atoms with Gasteiger partial charge in [-0.3, -0.25) is 0 Å². The van der Waals surface area contributed by atoms with Gasteiger partial charge in [-0.2, -0.15) is 0 Å². The van der Waals surface area contributed by atoms with Gasteiger partial charge in [-0.1, -0.05) is 6.92 Å². The quantitative estimate of drug-likeness (QED) is 0.778. The molecule has 1 heterocycles. The molecule has 20 heavy (non-hydrogen) atoms. The normalized spacial score (nSPS) is 15.2. The molecule has 0 unspecified atom stereocenters. The Bertz CT molecular complexity index is 300. The number of hydrogen-bond donors (Lipinski definition) is 1. The summed E-state index contributed by atoms with van der Waals surface area (Å²) in [5.41, 5.74) is 4.77. The number of ether oxygens (including phenoxy) is 3. The van der Waals surface area contributed by atoms with E-state index in [0.29, 0.717) is 25.0 Å². The van der Waals surface area contributed by atoms with Crippen LogP contribution >= 0.6 is 24.4 Å². The first kappa shape index (κ1) is 19.3. The molecule has 1 rings (SSSR count). The van der Waals surface area contributed by atoms with Crippen LogP contribution in [0.2, 0.25) is 0 Å². The smallest absolute Gasteiger partial charge is 0.260 e. The predicted octanol–water partition coefficient (Wildman–Crippen LogP) is 2.08. The van der Waals surface area contributed by atoms with E-state index in [9.17, 15) is 0 Å². The van der Waals surface area contributed by atoms with Crippen LogP contribution in [0.5, 0.6) is 0 Å². The monoisotopic (exact) mass is 322 g/mol. The van der Waals surface area contributed by atoms with Crippen molar-refractivity contribution >= 4 is 34.8 Å². The highest BCUT2D eigenvalue weighted by Crippen LogP contribution is 2.26. The molecule has 5 nitrogen and oxygen atoms in total. The van der Waals surface area contributed by atoms with Crippen molar-refractivity contribution in [2.75, 3.05) is 32.9 Å². The lowest BCUT2D eigenvalue weighted by molar-refractivity contribution is -0.172. The molecule has 0 aromatic carbocycles. The van der Waals surface area contributed by atoms with Crippen LogP contribution in [0, 0.1) is 0 Å². The van der Waals surface area contributed by atoms with Crippen molar-refractivity contribution in [2.45, 2.75) is 39.7 Å². The van der Waals surface area contributed by atoms with Crippen molar-refractivity contribution in [1.82, 2.24) is 4.90 Å². The van der Waals surface area contributed by atoms with Crippen molar-refractivity contribution < 1.29 is 14.2 Å². The molecule has 0 bridgehead atoms. The van der Waals surface area contributed by atoms with Crippen LogP contribution in [0.25, 0.3) is 0 Å². The Morgan fingerprint density at radius 2 is 1.75 bits per heavy atom. The molecular weight excluding hydrogens is 296 g/mol. The fourth-order valence-electron chi connectivity index (χ4n) is 1.54. The number of rotatable bonds is 5. The molecule has 0 aromatic rings. The lowest BCUT2D eigenvalue weighted by Crippen LogP contribution is -2.54. The van der Waals surface area contributed by atoms with E-state index in [-0.39, 0.29) is 10.8 Å². The fourth-order valence-corrected chi connectivity index (χ4v) is 2.09. The summed E-state index contributed by atoms with van der Waals surface area (Å²) in [5.74, 6) is 0. The largest absolute Gasteiger partial charge is 0.472 e. The Kier molecular flexibility index (Phi) is 9.79. The molecule has 0 amide bonds. The van der Waals surface area contributed by atoms with Gasteiger partial charge in [0.05, 0.1) is 19.8 Å². The molecule has 1 fully saturated rings. The zero-order chi connectivity index (χ0) is 15.6. The van der Waals surface area contributed by atoms with E-state index >= 15 is 0 Å². The molecular formula is C13H26N2O3S2. The Morgan fingerprint density at radius 1 is 1.20 bits per heavy atom. The summed E-state index contributed by atoms with van der Waals surface area (Å²) in [6, 6.07) is 0. The third-order valence-corrected chi connectivity index (χ3v) is 3.45. The van der Waals surface area contributed by atoms with E-state index in [0.717, 1.165) is 19.5 Å². The van der Waals surface area contributed by atoms with Crippen molar-refractivity contribution in [1.29, 1.82) is 0 Å². The first-order valence-corrected chi connectivity index (χ1v) is 7.74. The lowest BCUT2D eigenvalue weighted by Gasteiger charge is -2.42. The summed E-state index contributed by atoms with van der Waals surface area (Å²) < 4.78 is 15.5. The second kappa shape index (κ2) is 10.1. The molecule has 0 aromatic heterocycles. The van der Waals surface area contributed by atoms with Crippen LogP contribution in [-0.2, 0) is 14.2 Å². The minimum absolute atomic E-state index is 0.123. The van der Waals surface area contributed by atoms with Gasteiger partial charge in [-0.15, -0.1) is 0 Å². The van der Waals surface area contributed by atoms with Crippen molar-refractivity contribution in [3.63, 3.8) is 0 Å². The van der Waals surface area contributed by atoms with Crippen molar-refractivity contribution in [2.24, 2.45) is 5.73 Å². The lowest BCUT2D eigenvalue weighted by atomic mass is 9.99. The molecule has 7 heteroatoms. The van der Waals surface area contributed by atoms with E-state index in [2.05, 4.69) is 37.7 Å². The van der Waals surface area contributed by atoms with E-state index < -0.39 is 0 Å². The van der Waals surface area contributed by atoms with Crippen LogP contribution in [0.1, 0.15) is 34.1 Å². The van der Waals surface area contributed by atoms with Gasteiger partial charge in [0, 0.05) is 13.1 Å². The van der Waals surface area contributed by atoms with E-state index in [4.69, 9.17) is 27.4 Å². The molecule has 0 aliphatic carbocycles. The maximum atomic E-state index is 5.80. The molecule has 1 aliphatic heterocycles. The van der Waals surface area contributed by atoms with Gasteiger partial charge in [0.25, 0.3) is 10.3 Å². The standard InChI is InChI=1S/C10H19NO2S.C3H7NOS/c1-4-10(7-12-8-10)13-9(14)11(5-2)6-3;1-2-5-3(4)6/h4-8H2,1-3H3;2H2,1H3,(H2,4,6). The fraction of sp³-hybridized carbons (Fsp3) is 0.846. The summed E-state index contributed by atoms with van der Waals surface area (Å²) in [5, 5.41) is 0.734. The third kappa shape index (κ3) is 6.67. The van der Waals surface area contributed by atoms with Gasteiger partial charge in [-0.05, 0) is 51.6 Å². The Hall–Kier alpha value is -0.660. The van der Waals surface area contributed by atoms with Crippen molar-refractivity contribution in [3.05, 3.63) is 0 Å². The number of thiocarbonyl (C=S) groups is 2. The van der Waals surface area contributed by atoms with E-state index in [1.165, 1.54) is 0 Å². The highest BCUT2D eigenvalue weighted by atomic mass is 32.1. The van der Waals surface area contributed by atoms with Gasteiger partial charge in [0.1, 0.15) is 0 Å². The van der Waals surface area contributed by atoms with Gasteiger partial charge >= 0.3 is 0 Å². The van der Waals surface area contributed by atoms with Crippen LogP contribution in [0.3, 0.4) is 0 Å². The van der Waals surface area contributed by atoms with Crippen molar-refractivity contribution in [3.8, 4) is 0 Å². The topological polar surface area (TPSA) is 57.0 Å². The maximum absolute atomic E-state index is 5.80. The minimum atomic E-state index is -0.139. The summed E-state index contributed by atoms with van der Waals surface area (Å²) in [4.78, 5) is 2.05. The number of nitrogens with zero attached hydrogens (tertiary/aromatic N) is 1. The molecule has 1 saturated heterocycles.